The molecule has 0 aromatic heterocycles. The van der Waals surface area contributed by atoms with E-state index in [-0.39, 0.29) is 34.9 Å². The van der Waals surface area contributed by atoms with Crippen LogP contribution in [0.15, 0.2) is 71.6 Å². The average molecular weight is 556 g/mol. The number of nitrogens with two attached hydrogens (primary N) is 1. The maximum Gasteiger partial charge on any atom is 0.416 e. The average Bonchev–Trinajstić information content (AvgIpc) is 2.85. The lowest BCUT2D eigenvalue weighted by atomic mass is 10.1. The molecular weight excluding hydrogens is 535 g/mol. The molecule has 0 saturated heterocycles. The number of anilines is 1. The SMILES string of the molecule is NCc1c(Cl)cccc1N(CC(=O)NCc1cccc(C(=O)O)c1)S(=O)(=O)c1ccc(C(F)(F)F)cc1. The summed E-state index contributed by atoms with van der Waals surface area (Å²) in [5.74, 6) is -1.92. The predicted molar refractivity (Wildman–Crippen MR) is 131 cm³/mol. The van der Waals surface area contributed by atoms with Crippen LogP contribution >= 0.6 is 11.6 Å². The minimum absolute atomic E-state index is 0.00442. The summed E-state index contributed by atoms with van der Waals surface area (Å²) in [5, 5.41) is 11.8. The molecule has 0 aliphatic heterocycles. The van der Waals surface area contributed by atoms with E-state index in [0.717, 1.165) is 12.1 Å². The molecule has 0 atom stereocenters. The molecule has 13 heteroatoms. The van der Waals surface area contributed by atoms with Gasteiger partial charge in [0.15, 0.2) is 0 Å². The first-order chi connectivity index (χ1) is 17.3. The third-order valence-corrected chi connectivity index (χ3v) is 7.42. The molecule has 3 aromatic carbocycles. The number of hydrogen-bond acceptors (Lipinski definition) is 5. The van der Waals surface area contributed by atoms with Crippen LogP contribution in [-0.2, 0) is 34.1 Å². The number of amides is 1. The first-order valence-corrected chi connectivity index (χ1v) is 12.4. The van der Waals surface area contributed by atoms with Crippen molar-refractivity contribution in [2.75, 3.05) is 10.8 Å². The second kappa shape index (κ2) is 11.2. The molecule has 0 aliphatic rings. The minimum atomic E-state index is -4.67. The topological polar surface area (TPSA) is 130 Å². The molecular formula is C24H21ClF3N3O5S. The van der Waals surface area contributed by atoms with Crippen LogP contribution in [0.5, 0.6) is 0 Å². The standard InChI is InChI=1S/C24H21ClF3N3O5S/c25-20-5-2-6-21(19(20)12-29)31(37(35,36)18-9-7-17(8-10-18)24(26,27)28)14-22(32)30-13-15-3-1-4-16(11-15)23(33)34/h1-11H,12-14,29H2,(H,30,32)(H,33,34). The van der Waals surface area contributed by atoms with E-state index >= 15 is 0 Å². The Balaban J connectivity index is 1.95. The fraction of sp³-hybridized carbons (Fsp3) is 0.167. The molecule has 0 aliphatic carbocycles. The summed E-state index contributed by atoms with van der Waals surface area (Å²) in [5.41, 5.74) is 5.38. The normalized spacial score (nSPS) is 11.7. The van der Waals surface area contributed by atoms with Crippen LogP contribution in [0.4, 0.5) is 18.9 Å². The van der Waals surface area contributed by atoms with E-state index in [0.29, 0.717) is 22.0 Å². The number of benzene rings is 3. The second-order valence-electron chi connectivity index (χ2n) is 7.76. The van der Waals surface area contributed by atoms with Crippen LogP contribution in [0.25, 0.3) is 0 Å². The predicted octanol–water partition coefficient (Wildman–Crippen LogP) is 4.03. The highest BCUT2D eigenvalue weighted by molar-refractivity contribution is 7.92. The molecule has 0 heterocycles. The van der Waals surface area contributed by atoms with Crippen LogP contribution < -0.4 is 15.4 Å². The number of carbonyl (C=O) groups is 2. The number of carbonyl (C=O) groups excluding carboxylic acids is 1. The van der Waals surface area contributed by atoms with Crippen LogP contribution in [0.3, 0.4) is 0 Å². The third kappa shape index (κ3) is 6.59. The van der Waals surface area contributed by atoms with E-state index < -0.39 is 45.1 Å². The van der Waals surface area contributed by atoms with Crippen LogP contribution in [0.2, 0.25) is 5.02 Å². The summed E-state index contributed by atoms with van der Waals surface area (Å²) < 4.78 is 66.7. The van der Waals surface area contributed by atoms with Crippen molar-refractivity contribution >= 4 is 39.2 Å². The molecule has 196 valence electrons. The van der Waals surface area contributed by atoms with Gasteiger partial charge in [0, 0.05) is 23.7 Å². The molecule has 0 bridgehead atoms. The Morgan fingerprint density at radius 2 is 1.68 bits per heavy atom. The van der Waals surface area contributed by atoms with Crippen molar-refractivity contribution in [3.63, 3.8) is 0 Å². The molecule has 0 radical (unpaired) electrons. The summed E-state index contributed by atoms with van der Waals surface area (Å²) in [6.07, 6.45) is -4.67. The van der Waals surface area contributed by atoms with Gasteiger partial charge in [-0.05, 0) is 54.1 Å². The van der Waals surface area contributed by atoms with Gasteiger partial charge in [0.1, 0.15) is 6.54 Å². The highest BCUT2D eigenvalue weighted by atomic mass is 35.5. The molecule has 0 spiro atoms. The maximum atomic E-state index is 13.5. The smallest absolute Gasteiger partial charge is 0.416 e. The van der Waals surface area contributed by atoms with Gasteiger partial charge in [-0.3, -0.25) is 9.10 Å². The highest BCUT2D eigenvalue weighted by Crippen LogP contribution is 2.33. The van der Waals surface area contributed by atoms with E-state index in [1.165, 1.54) is 36.4 Å². The Kier molecular flexibility index (Phi) is 8.46. The number of nitrogens with zero attached hydrogens (tertiary/aromatic N) is 1. The summed E-state index contributed by atoms with van der Waals surface area (Å²) in [4.78, 5) is 23.5. The van der Waals surface area contributed by atoms with E-state index in [9.17, 15) is 31.2 Å². The molecule has 3 aromatic rings. The lowest BCUT2D eigenvalue weighted by molar-refractivity contribution is -0.137. The van der Waals surface area contributed by atoms with Crippen molar-refractivity contribution in [1.29, 1.82) is 0 Å². The molecule has 3 rings (SSSR count). The fourth-order valence-electron chi connectivity index (χ4n) is 3.43. The first kappa shape index (κ1) is 28.0. The zero-order chi connectivity index (χ0) is 27.4. The molecule has 8 nitrogen and oxygen atoms in total. The summed E-state index contributed by atoms with van der Waals surface area (Å²) in [6.45, 7) is -1.04. The second-order valence-corrected chi connectivity index (χ2v) is 10.0. The van der Waals surface area contributed by atoms with Crippen molar-refractivity contribution in [2.24, 2.45) is 5.73 Å². The van der Waals surface area contributed by atoms with Gasteiger partial charge in [0.25, 0.3) is 10.0 Å². The van der Waals surface area contributed by atoms with Crippen molar-refractivity contribution in [1.82, 2.24) is 5.32 Å². The number of alkyl halides is 3. The van der Waals surface area contributed by atoms with Crippen LogP contribution in [0.1, 0.15) is 27.0 Å². The van der Waals surface area contributed by atoms with E-state index in [4.69, 9.17) is 22.4 Å². The van der Waals surface area contributed by atoms with Gasteiger partial charge < -0.3 is 16.2 Å². The van der Waals surface area contributed by atoms with E-state index in [2.05, 4.69) is 5.32 Å². The zero-order valence-corrected chi connectivity index (χ0v) is 20.6. The monoisotopic (exact) mass is 555 g/mol. The summed E-state index contributed by atoms with van der Waals surface area (Å²) in [6, 6.07) is 12.9. The number of aromatic carboxylic acids is 1. The Morgan fingerprint density at radius 1 is 1.03 bits per heavy atom. The van der Waals surface area contributed by atoms with Crippen LogP contribution in [-0.4, -0.2) is 31.9 Å². The number of carboxylic acids is 1. The molecule has 4 N–H and O–H groups in total. The largest absolute Gasteiger partial charge is 0.478 e. The molecule has 0 unspecified atom stereocenters. The molecule has 37 heavy (non-hydrogen) atoms. The van der Waals surface area contributed by atoms with Gasteiger partial charge in [0.2, 0.25) is 5.91 Å². The lowest BCUT2D eigenvalue weighted by Gasteiger charge is -2.26. The summed E-state index contributed by atoms with van der Waals surface area (Å²) in [7, 11) is -4.55. The van der Waals surface area contributed by atoms with E-state index in [1.807, 2.05) is 0 Å². The van der Waals surface area contributed by atoms with Gasteiger partial charge in [0.05, 0.1) is 21.7 Å². The molecule has 0 saturated carbocycles. The van der Waals surface area contributed by atoms with Crippen molar-refractivity contribution in [2.45, 2.75) is 24.2 Å². The molecule has 1 amide bonds. The van der Waals surface area contributed by atoms with E-state index in [1.54, 1.807) is 6.07 Å². The minimum Gasteiger partial charge on any atom is -0.478 e. The lowest BCUT2D eigenvalue weighted by Crippen LogP contribution is -2.41. The number of sulfonamides is 1. The van der Waals surface area contributed by atoms with Gasteiger partial charge in [-0.25, -0.2) is 13.2 Å². The Hall–Kier alpha value is -3.61. The zero-order valence-electron chi connectivity index (χ0n) is 19.0. The van der Waals surface area contributed by atoms with Gasteiger partial charge in [-0.15, -0.1) is 0 Å². The van der Waals surface area contributed by atoms with Crippen molar-refractivity contribution in [3.05, 3.63) is 94.0 Å². The first-order valence-electron chi connectivity index (χ1n) is 10.6. The number of nitrogens with one attached hydrogen (secondary N) is 1. The van der Waals surface area contributed by atoms with Crippen LogP contribution in [0, 0.1) is 0 Å². The fourth-order valence-corrected chi connectivity index (χ4v) is 5.13. The van der Waals surface area contributed by atoms with Gasteiger partial charge >= 0.3 is 12.1 Å². The van der Waals surface area contributed by atoms with Crippen molar-refractivity contribution < 1.29 is 36.3 Å². The maximum absolute atomic E-state index is 13.5. The van der Waals surface area contributed by atoms with Gasteiger partial charge in [-0.1, -0.05) is 29.8 Å². The summed E-state index contributed by atoms with van der Waals surface area (Å²) >= 11 is 6.18. The Labute approximate surface area is 215 Å². The number of hydrogen-bond donors (Lipinski definition) is 3. The van der Waals surface area contributed by atoms with Crippen molar-refractivity contribution in [3.8, 4) is 0 Å². The third-order valence-electron chi connectivity index (χ3n) is 5.29. The quantitative estimate of drug-likeness (QED) is 0.365. The Bertz CT molecular complexity index is 1410. The molecule has 0 fully saturated rings. The number of carboxylic acid groups (broad SMARTS) is 1. The number of rotatable bonds is 9. The highest BCUT2D eigenvalue weighted by Gasteiger charge is 2.33. The number of halogens is 4. The van der Waals surface area contributed by atoms with Gasteiger partial charge in [-0.2, -0.15) is 13.2 Å². The Morgan fingerprint density at radius 3 is 2.27 bits per heavy atom.